The van der Waals surface area contributed by atoms with Gasteiger partial charge in [0, 0.05) is 23.0 Å². The van der Waals surface area contributed by atoms with Crippen LogP contribution in [0, 0.1) is 0 Å². The number of nitrogen functional groups attached to an aromatic ring is 1. The number of hydrogen-bond acceptors (Lipinski definition) is 5. The fraction of sp³-hybridized carbons (Fsp3) is 0.150. The van der Waals surface area contributed by atoms with Gasteiger partial charge in [-0.1, -0.05) is 24.3 Å². The van der Waals surface area contributed by atoms with E-state index in [0.717, 1.165) is 11.1 Å². The van der Waals surface area contributed by atoms with Gasteiger partial charge in [-0.05, 0) is 42.8 Å². The largest absolute Gasteiger partial charge is 0.450 e. The van der Waals surface area contributed by atoms with Gasteiger partial charge in [0.2, 0.25) is 0 Å². The van der Waals surface area contributed by atoms with Crippen molar-refractivity contribution in [3.05, 3.63) is 76.6 Å². The van der Waals surface area contributed by atoms with Gasteiger partial charge < -0.3 is 10.5 Å². The Hall–Kier alpha value is -3.61. The SMILES string of the molecule is CCOC(=O)Nc1cccc(Cn2nc(-c3ccc(N)cc3)ccc2=O)c1. The van der Waals surface area contributed by atoms with Crippen molar-refractivity contribution in [3.8, 4) is 11.3 Å². The van der Waals surface area contributed by atoms with Crippen LogP contribution >= 0.6 is 0 Å². The summed E-state index contributed by atoms with van der Waals surface area (Å²) in [5.74, 6) is 0. The zero-order chi connectivity index (χ0) is 19.2. The smallest absolute Gasteiger partial charge is 0.411 e. The molecule has 0 spiro atoms. The highest BCUT2D eigenvalue weighted by molar-refractivity contribution is 5.84. The van der Waals surface area contributed by atoms with E-state index in [2.05, 4.69) is 10.4 Å². The standard InChI is InChI=1S/C20H20N4O3/c1-2-27-20(26)22-17-5-3-4-14(12-17)13-24-19(25)11-10-18(23-24)15-6-8-16(21)9-7-15/h3-12H,2,13,21H2,1H3,(H,22,26). The van der Waals surface area contributed by atoms with Gasteiger partial charge in [0.1, 0.15) is 0 Å². The maximum Gasteiger partial charge on any atom is 0.411 e. The molecule has 138 valence electrons. The maximum absolute atomic E-state index is 12.2. The number of benzene rings is 2. The van der Waals surface area contributed by atoms with Crippen LogP contribution in [-0.4, -0.2) is 22.5 Å². The van der Waals surface area contributed by atoms with Gasteiger partial charge in [-0.2, -0.15) is 5.10 Å². The number of carbonyl (C=O) groups is 1. The Bertz CT molecular complexity index is 997. The minimum Gasteiger partial charge on any atom is -0.450 e. The van der Waals surface area contributed by atoms with Crippen molar-refractivity contribution in [2.45, 2.75) is 13.5 Å². The van der Waals surface area contributed by atoms with Gasteiger partial charge in [-0.3, -0.25) is 10.1 Å². The van der Waals surface area contributed by atoms with Crippen molar-refractivity contribution in [1.82, 2.24) is 9.78 Å². The van der Waals surface area contributed by atoms with Gasteiger partial charge in [0.15, 0.2) is 0 Å². The molecule has 0 fully saturated rings. The lowest BCUT2D eigenvalue weighted by molar-refractivity contribution is 0.168. The van der Waals surface area contributed by atoms with Crippen LogP contribution in [0.3, 0.4) is 0 Å². The average Bonchev–Trinajstić information content (AvgIpc) is 2.65. The first-order chi connectivity index (χ1) is 13.0. The van der Waals surface area contributed by atoms with Gasteiger partial charge in [-0.25, -0.2) is 9.48 Å². The van der Waals surface area contributed by atoms with Crippen LogP contribution < -0.4 is 16.6 Å². The predicted molar refractivity (Wildman–Crippen MR) is 105 cm³/mol. The monoisotopic (exact) mass is 364 g/mol. The molecule has 27 heavy (non-hydrogen) atoms. The summed E-state index contributed by atoms with van der Waals surface area (Å²) in [6.07, 6.45) is -0.518. The van der Waals surface area contributed by atoms with E-state index >= 15 is 0 Å². The number of nitrogens with two attached hydrogens (primary N) is 1. The van der Waals surface area contributed by atoms with Gasteiger partial charge in [0.25, 0.3) is 5.56 Å². The minimum absolute atomic E-state index is 0.210. The highest BCUT2D eigenvalue weighted by atomic mass is 16.5. The van der Waals surface area contributed by atoms with Crippen LogP contribution in [0.15, 0.2) is 65.5 Å². The van der Waals surface area contributed by atoms with Crippen LogP contribution in [0.1, 0.15) is 12.5 Å². The number of nitrogens with zero attached hydrogens (tertiary/aromatic N) is 2. The number of carbonyl (C=O) groups excluding carboxylic acids is 1. The summed E-state index contributed by atoms with van der Waals surface area (Å²) in [5.41, 5.74) is 9.13. The Labute approximate surface area is 156 Å². The fourth-order valence-electron chi connectivity index (χ4n) is 2.58. The first kappa shape index (κ1) is 18.2. The molecule has 0 aliphatic heterocycles. The zero-order valence-corrected chi connectivity index (χ0v) is 14.9. The van der Waals surface area contributed by atoms with E-state index in [1.807, 2.05) is 18.2 Å². The summed E-state index contributed by atoms with van der Waals surface area (Å²) < 4.78 is 6.25. The number of nitrogens with one attached hydrogen (secondary N) is 1. The number of ether oxygens (including phenoxy) is 1. The third kappa shape index (κ3) is 4.72. The summed E-state index contributed by atoms with van der Waals surface area (Å²) in [5, 5.41) is 7.08. The molecule has 0 atom stereocenters. The third-order valence-corrected chi connectivity index (χ3v) is 3.85. The lowest BCUT2D eigenvalue weighted by Gasteiger charge is -2.10. The molecule has 2 aromatic carbocycles. The summed E-state index contributed by atoms with van der Waals surface area (Å²) in [6, 6.07) is 17.7. The van der Waals surface area contributed by atoms with Crippen LogP contribution in [0.25, 0.3) is 11.3 Å². The second kappa shape index (κ2) is 8.18. The molecule has 1 amide bonds. The molecule has 3 aromatic rings. The molecule has 1 aromatic heterocycles. The van der Waals surface area contributed by atoms with Crippen LogP contribution in [0.2, 0.25) is 0 Å². The second-order valence-electron chi connectivity index (χ2n) is 5.88. The van der Waals surface area contributed by atoms with Crippen molar-refractivity contribution in [1.29, 1.82) is 0 Å². The van der Waals surface area contributed by atoms with E-state index in [0.29, 0.717) is 23.7 Å². The summed E-state index contributed by atoms with van der Waals surface area (Å²) in [6.45, 7) is 2.31. The normalized spacial score (nSPS) is 10.4. The Morgan fingerprint density at radius 1 is 1.15 bits per heavy atom. The fourth-order valence-corrected chi connectivity index (χ4v) is 2.58. The molecule has 0 aliphatic rings. The molecule has 3 N–H and O–H groups in total. The number of amides is 1. The lowest BCUT2D eigenvalue weighted by atomic mass is 10.1. The number of anilines is 2. The minimum atomic E-state index is -0.518. The van der Waals surface area contributed by atoms with Crippen molar-refractivity contribution >= 4 is 17.5 Å². The molecule has 0 aliphatic carbocycles. The molecule has 7 heteroatoms. The third-order valence-electron chi connectivity index (χ3n) is 3.85. The van der Waals surface area contributed by atoms with E-state index in [1.54, 1.807) is 43.3 Å². The van der Waals surface area contributed by atoms with Crippen molar-refractivity contribution in [3.63, 3.8) is 0 Å². The van der Waals surface area contributed by atoms with Crippen LogP contribution in [-0.2, 0) is 11.3 Å². The molecule has 0 unspecified atom stereocenters. The Balaban J connectivity index is 1.83. The first-order valence-corrected chi connectivity index (χ1v) is 8.52. The molecule has 1 heterocycles. The molecule has 0 saturated carbocycles. The molecular formula is C20H20N4O3. The Kier molecular flexibility index (Phi) is 5.51. The van der Waals surface area contributed by atoms with Crippen molar-refractivity contribution < 1.29 is 9.53 Å². The highest BCUT2D eigenvalue weighted by Crippen LogP contribution is 2.17. The molecule has 0 bridgehead atoms. The summed E-state index contributed by atoms with van der Waals surface area (Å²) in [7, 11) is 0. The predicted octanol–water partition coefficient (Wildman–Crippen LogP) is 3.11. The van der Waals surface area contributed by atoms with E-state index < -0.39 is 6.09 Å². The topological polar surface area (TPSA) is 99.2 Å². The van der Waals surface area contributed by atoms with E-state index in [1.165, 1.54) is 10.7 Å². The average molecular weight is 364 g/mol. The molecule has 0 radical (unpaired) electrons. The van der Waals surface area contributed by atoms with Gasteiger partial charge >= 0.3 is 6.09 Å². The number of rotatable bonds is 5. The zero-order valence-electron chi connectivity index (χ0n) is 14.9. The van der Waals surface area contributed by atoms with Crippen LogP contribution in [0.4, 0.5) is 16.2 Å². The maximum atomic E-state index is 12.2. The molecule has 3 rings (SSSR count). The molecule has 0 saturated heterocycles. The summed E-state index contributed by atoms with van der Waals surface area (Å²) >= 11 is 0. The van der Waals surface area contributed by atoms with Crippen LogP contribution in [0.5, 0.6) is 0 Å². The Morgan fingerprint density at radius 2 is 1.93 bits per heavy atom. The summed E-state index contributed by atoms with van der Waals surface area (Å²) in [4.78, 5) is 23.8. The van der Waals surface area contributed by atoms with Gasteiger partial charge in [0.05, 0.1) is 18.8 Å². The first-order valence-electron chi connectivity index (χ1n) is 8.52. The number of hydrogen-bond donors (Lipinski definition) is 2. The van der Waals surface area contributed by atoms with Crippen molar-refractivity contribution in [2.24, 2.45) is 0 Å². The quantitative estimate of drug-likeness (QED) is 0.678. The van der Waals surface area contributed by atoms with E-state index in [9.17, 15) is 9.59 Å². The number of aromatic nitrogens is 2. The lowest BCUT2D eigenvalue weighted by Crippen LogP contribution is -2.23. The van der Waals surface area contributed by atoms with E-state index in [4.69, 9.17) is 10.5 Å². The Morgan fingerprint density at radius 3 is 2.67 bits per heavy atom. The van der Waals surface area contributed by atoms with Crippen molar-refractivity contribution in [2.75, 3.05) is 17.7 Å². The molecular weight excluding hydrogens is 344 g/mol. The second-order valence-corrected chi connectivity index (χ2v) is 5.88. The highest BCUT2D eigenvalue weighted by Gasteiger charge is 2.06. The van der Waals surface area contributed by atoms with E-state index in [-0.39, 0.29) is 12.1 Å². The van der Waals surface area contributed by atoms with Gasteiger partial charge in [-0.15, -0.1) is 0 Å². The molecule has 7 nitrogen and oxygen atoms in total.